The number of rotatable bonds is 1. The third-order valence-electron chi connectivity index (χ3n) is 4.36. The predicted octanol–water partition coefficient (Wildman–Crippen LogP) is 4.85. The predicted molar refractivity (Wildman–Crippen MR) is 90.0 cm³/mol. The average molecular weight is 298 g/mol. The Kier molecular flexibility index (Phi) is 2.56. The third kappa shape index (κ3) is 1.87. The van der Waals surface area contributed by atoms with Crippen molar-refractivity contribution in [1.82, 2.24) is 9.97 Å². The number of fused-ring (bicyclic) bond motifs is 3. The van der Waals surface area contributed by atoms with Crippen molar-refractivity contribution >= 4 is 11.0 Å². The second kappa shape index (κ2) is 4.71. The Hall–Kier alpha value is -3.07. The van der Waals surface area contributed by atoms with Gasteiger partial charge in [0.25, 0.3) is 0 Å². The van der Waals surface area contributed by atoms with E-state index in [9.17, 15) is 0 Å². The van der Waals surface area contributed by atoms with Crippen LogP contribution in [0.1, 0.15) is 22.9 Å². The quantitative estimate of drug-likeness (QED) is 0.480. The summed E-state index contributed by atoms with van der Waals surface area (Å²) in [5.41, 5.74) is 4.34. The van der Waals surface area contributed by atoms with E-state index in [1.54, 1.807) is 0 Å². The minimum atomic E-state index is 0.0588. The molecule has 0 radical (unpaired) electrons. The number of imidazole rings is 1. The van der Waals surface area contributed by atoms with Gasteiger partial charge in [-0.1, -0.05) is 48.5 Å². The van der Waals surface area contributed by atoms with Crippen LogP contribution in [0.2, 0.25) is 0 Å². The van der Waals surface area contributed by atoms with Crippen LogP contribution in [0, 0.1) is 0 Å². The molecule has 2 heterocycles. The summed E-state index contributed by atoms with van der Waals surface area (Å²) in [6.45, 7) is 0. The summed E-state index contributed by atoms with van der Waals surface area (Å²) in [5, 5.41) is 0. The zero-order valence-corrected chi connectivity index (χ0v) is 12.4. The third-order valence-corrected chi connectivity index (χ3v) is 4.36. The molecule has 3 nitrogen and oxygen atoms in total. The molecule has 1 N–H and O–H groups in total. The minimum absolute atomic E-state index is 0.0588. The summed E-state index contributed by atoms with van der Waals surface area (Å²) >= 11 is 0. The summed E-state index contributed by atoms with van der Waals surface area (Å²) in [4.78, 5) is 8.30. The second-order valence-corrected chi connectivity index (χ2v) is 5.75. The number of hydrogen-bond acceptors (Lipinski definition) is 2. The topological polar surface area (TPSA) is 37.9 Å². The molecule has 1 aromatic heterocycles. The first-order valence-corrected chi connectivity index (χ1v) is 7.70. The van der Waals surface area contributed by atoms with E-state index in [1.807, 2.05) is 54.6 Å². The minimum Gasteiger partial charge on any atom is -0.457 e. The summed E-state index contributed by atoms with van der Waals surface area (Å²) in [6.07, 6.45) is 0. The van der Waals surface area contributed by atoms with E-state index in [0.29, 0.717) is 0 Å². The van der Waals surface area contributed by atoms with Gasteiger partial charge in [0.2, 0.25) is 0 Å². The van der Waals surface area contributed by atoms with Crippen LogP contribution >= 0.6 is 0 Å². The van der Waals surface area contributed by atoms with Gasteiger partial charge in [0, 0.05) is 11.1 Å². The maximum atomic E-state index is 6.06. The molecule has 23 heavy (non-hydrogen) atoms. The molecule has 0 fully saturated rings. The van der Waals surface area contributed by atoms with Gasteiger partial charge in [-0.05, 0) is 24.3 Å². The number of H-pyrrole nitrogens is 1. The van der Waals surface area contributed by atoms with Crippen molar-refractivity contribution < 1.29 is 4.74 Å². The number of aromatic amines is 1. The fraction of sp³-hybridized carbons (Fsp3) is 0.0500. The highest BCUT2D eigenvalue weighted by Gasteiger charge is 2.30. The first-order valence-electron chi connectivity index (χ1n) is 7.70. The van der Waals surface area contributed by atoms with Crippen molar-refractivity contribution in [2.24, 2.45) is 0 Å². The lowest BCUT2D eigenvalue weighted by molar-refractivity contribution is 0.451. The van der Waals surface area contributed by atoms with E-state index >= 15 is 0 Å². The molecule has 0 amide bonds. The molecule has 0 unspecified atom stereocenters. The lowest BCUT2D eigenvalue weighted by Gasteiger charge is -2.26. The Balaban J connectivity index is 1.78. The van der Waals surface area contributed by atoms with E-state index in [4.69, 9.17) is 9.72 Å². The normalized spacial score (nSPS) is 13.4. The van der Waals surface area contributed by atoms with E-state index in [0.717, 1.165) is 39.5 Å². The molecule has 0 bridgehead atoms. The van der Waals surface area contributed by atoms with Crippen LogP contribution in [-0.4, -0.2) is 9.97 Å². The molecule has 5 rings (SSSR count). The molecule has 3 aromatic carbocycles. The van der Waals surface area contributed by atoms with Gasteiger partial charge in [-0.25, -0.2) is 4.98 Å². The lowest BCUT2D eigenvalue weighted by Crippen LogP contribution is -2.12. The molecular formula is C20H14N2O. The summed E-state index contributed by atoms with van der Waals surface area (Å²) in [7, 11) is 0. The van der Waals surface area contributed by atoms with Gasteiger partial charge >= 0.3 is 0 Å². The van der Waals surface area contributed by atoms with E-state index < -0.39 is 0 Å². The number of nitrogens with zero attached hydrogens (tertiary/aromatic N) is 1. The van der Waals surface area contributed by atoms with Gasteiger partial charge in [-0.2, -0.15) is 0 Å². The molecule has 0 aliphatic carbocycles. The van der Waals surface area contributed by atoms with Crippen molar-refractivity contribution in [3.8, 4) is 11.5 Å². The number of hydrogen-bond donors (Lipinski definition) is 1. The second-order valence-electron chi connectivity index (χ2n) is 5.75. The van der Waals surface area contributed by atoms with Crippen LogP contribution in [0.5, 0.6) is 11.5 Å². The Morgan fingerprint density at radius 2 is 1.35 bits per heavy atom. The van der Waals surface area contributed by atoms with Gasteiger partial charge in [0.1, 0.15) is 17.3 Å². The van der Waals surface area contributed by atoms with E-state index in [2.05, 4.69) is 23.2 Å². The average Bonchev–Trinajstić information content (AvgIpc) is 3.03. The zero-order valence-electron chi connectivity index (χ0n) is 12.4. The Morgan fingerprint density at radius 1 is 0.739 bits per heavy atom. The smallest absolute Gasteiger partial charge is 0.131 e. The maximum Gasteiger partial charge on any atom is 0.131 e. The van der Waals surface area contributed by atoms with Crippen molar-refractivity contribution in [3.63, 3.8) is 0 Å². The highest BCUT2D eigenvalue weighted by molar-refractivity contribution is 5.75. The summed E-state index contributed by atoms with van der Waals surface area (Å²) in [5.74, 6) is 2.81. The van der Waals surface area contributed by atoms with Gasteiger partial charge < -0.3 is 9.72 Å². The molecule has 0 spiro atoms. The fourth-order valence-corrected chi connectivity index (χ4v) is 3.31. The number of ether oxygens (including phenoxy) is 1. The van der Waals surface area contributed by atoms with Crippen molar-refractivity contribution in [3.05, 3.63) is 89.7 Å². The molecule has 3 heteroatoms. The molecule has 110 valence electrons. The molecule has 4 aromatic rings. The molecule has 1 aliphatic rings. The first-order chi connectivity index (χ1) is 11.4. The first kappa shape index (κ1) is 12.5. The number of nitrogens with one attached hydrogen (secondary N) is 1. The number of para-hydroxylation sites is 4. The largest absolute Gasteiger partial charge is 0.457 e. The van der Waals surface area contributed by atoms with Gasteiger partial charge in [-0.15, -0.1) is 0 Å². The lowest BCUT2D eigenvalue weighted by atomic mass is 9.87. The molecular weight excluding hydrogens is 284 g/mol. The van der Waals surface area contributed by atoms with Crippen LogP contribution in [0.3, 0.4) is 0 Å². The standard InChI is InChI=1S/C20H14N2O/c1-5-11-17-13(7-1)19(14-8-2-6-12-18(14)23-17)20-21-15-9-3-4-10-16(15)22-20/h1-12,19H,(H,21,22). The fourth-order valence-electron chi connectivity index (χ4n) is 3.31. The number of benzene rings is 3. The zero-order chi connectivity index (χ0) is 15.2. The van der Waals surface area contributed by atoms with Crippen LogP contribution in [-0.2, 0) is 0 Å². The van der Waals surface area contributed by atoms with Gasteiger partial charge in [0.05, 0.1) is 17.0 Å². The van der Waals surface area contributed by atoms with Crippen molar-refractivity contribution in [2.45, 2.75) is 5.92 Å². The SMILES string of the molecule is c1ccc2c(c1)Oc1ccccc1C2c1nc2ccccc2[nH]1. The number of aromatic nitrogens is 2. The van der Waals surface area contributed by atoms with Crippen molar-refractivity contribution in [1.29, 1.82) is 0 Å². The molecule has 0 saturated carbocycles. The highest BCUT2D eigenvalue weighted by atomic mass is 16.5. The van der Waals surface area contributed by atoms with E-state index in [-0.39, 0.29) is 5.92 Å². The van der Waals surface area contributed by atoms with Gasteiger partial charge in [0.15, 0.2) is 0 Å². The Bertz CT molecular complexity index is 940. The summed E-state index contributed by atoms with van der Waals surface area (Å²) in [6, 6.07) is 24.5. The van der Waals surface area contributed by atoms with Crippen LogP contribution in [0.4, 0.5) is 0 Å². The summed E-state index contributed by atoms with van der Waals surface area (Å²) < 4.78 is 6.06. The van der Waals surface area contributed by atoms with E-state index in [1.165, 1.54) is 0 Å². The molecule has 1 aliphatic heterocycles. The highest BCUT2D eigenvalue weighted by Crippen LogP contribution is 2.46. The van der Waals surface area contributed by atoms with Crippen LogP contribution in [0.25, 0.3) is 11.0 Å². The monoisotopic (exact) mass is 298 g/mol. The Morgan fingerprint density at radius 3 is 2.04 bits per heavy atom. The van der Waals surface area contributed by atoms with Crippen LogP contribution in [0.15, 0.2) is 72.8 Å². The van der Waals surface area contributed by atoms with Crippen LogP contribution < -0.4 is 4.74 Å². The van der Waals surface area contributed by atoms with Crippen molar-refractivity contribution in [2.75, 3.05) is 0 Å². The maximum absolute atomic E-state index is 6.06. The molecule has 0 saturated heterocycles. The molecule has 0 atom stereocenters. The Labute approximate surface area is 133 Å². The van der Waals surface area contributed by atoms with Gasteiger partial charge in [-0.3, -0.25) is 0 Å².